The fourth-order valence-electron chi connectivity index (χ4n) is 3.15. The Hall–Kier alpha value is -2.19. The summed E-state index contributed by atoms with van der Waals surface area (Å²) < 4.78 is 18.4. The van der Waals surface area contributed by atoms with Crippen LogP contribution in [0.4, 0.5) is 9.52 Å². The van der Waals surface area contributed by atoms with Crippen LogP contribution in [0.1, 0.15) is 10.6 Å². The van der Waals surface area contributed by atoms with E-state index in [1.807, 2.05) is 4.90 Å². The number of amides is 1. The minimum Gasteiger partial charge on any atom is -0.484 e. The molecule has 8 heteroatoms. The normalized spacial score (nSPS) is 17.1. The Kier molecular flexibility index (Phi) is 5.03. The van der Waals surface area contributed by atoms with E-state index in [4.69, 9.17) is 9.72 Å². The molecule has 4 rings (SSSR count). The summed E-state index contributed by atoms with van der Waals surface area (Å²) in [6.45, 7) is 5.12. The molecule has 0 atom stereocenters. The first kappa shape index (κ1) is 17.2. The fourth-order valence-corrected chi connectivity index (χ4v) is 4.33. The number of ether oxygens (including phenoxy) is 1. The third-order valence-corrected chi connectivity index (χ3v) is 5.78. The zero-order valence-electron chi connectivity index (χ0n) is 14.4. The summed E-state index contributed by atoms with van der Waals surface area (Å²) in [5.41, 5.74) is 1.12. The number of nitrogens with zero attached hydrogens (tertiary/aromatic N) is 3. The predicted molar refractivity (Wildman–Crippen MR) is 98.2 cm³/mol. The second kappa shape index (κ2) is 7.59. The molecule has 0 aliphatic carbocycles. The summed E-state index contributed by atoms with van der Waals surface area (Å²) >= 11 is 1.69. The van der Waals surface area contributed by atoms with Gasteiger partial charge in [0.15, 0.2) is 11.7 Å². The Morgan fingerprint density at radius 2 is 2.00 bits per heavy atom. The quantitative estimate of drug-likeness (QED) is 0.880. The molecule has 2 aliphatic heterocycles. The van der Waals surface area contributed by atoms with Crippen molar-refractivity contribution in [1.82, 2.24) is 15.2 Å². The van der Waals surface area contributed by atoms with Crippen molar-refractivity contribution in [2.45, 2.75) is 13.0 Å². The van der Waals surface area contributed by atoms with E-state index in [2.05, 4.69) is 10.2 Å². The second-order valence-corrected chi connectivity index (χ2v) is 7.47. The lowest BCUT2D eigenvalue weighted by molar-refractivity contribution is -0.134. The SMILES string of the molecule is O=C(COc1ccc(F)cc1)N1CCc2nc(N3CCNCC3)sc2C1. The van der Waals surface area contributed by atoms with Crippen LogP contribution < -0.4 is 15.0 Å². The Bertz CT molecular complexity index is 774. The smallest absolute Gasteiger partial charge is 0.260 e. The van der Waals surface area contributed by atoms with E-state index < -0.39 is 0 Å². The van der Waals surface area contributed by atoms with Gasteiger partial charge in [0.25, 0.3) is 5.91 Å². The van der Waals surface area contributed by atoms with Gasteiger partial charge in [0.2, 0.25) is 0 Å². The van der Waals surface area contributed by atoms with Crippen LogP contribution in [-0.2, 0) is 17.8 Å². The highest BCUT2D eigenvalue weighted by molar-refractivity contribution is 7.15. The van der Waals surface area contributed by atoms with E-state index in [0.717, 1.165) is 43.4 Å². The molecule has 0 radical (unpaired) electrons. The molecule has 3 heterocycles. The van der Waals surface area contributed by atoms with E-state index in [1.54, 1.807) is 11.3 Å². The molecule has 0 saturated carbocycles. The minimum atomic E-state index is -0.322. The molecule has 1 saturated heterocycles. The number of piperazine rings is 1. The molecule has 1 amide bonds. The first-order valence-corrected chi connectivity index (χ1v) is 9.61. The lowest BCUT2D eigenvalue weighted by atomic mass is 10.2. The first-order chi connectivity index (χ1) is 12.7. The summed E-state index contributed by atoms with van der Waals surface area (Å²) in [5, 5.41) is 4.41. The highest BCUT2D eigenvalue weighted by atomic mass is 32.1. The van der Waals surface area contributed by atoms with Crippen LogP contribution >= 0.6 is 11.3 Å². The maximum absolute atomic E-state index is 12.9. The Morgan fingerprint density at radius 1 is 1.23 bits per heavy atom. The van der Waals surface area contributed by atoms with Gasteiger partial charge in [-0.15, -0.1) is 0 Å². The van der Waals surface area contributed by atoms with Crippen LogP contribution in [0.3, 0.4) is 0 Å². The molecule has 2 aliphatic rings. The predicted octanol–water partition coefficient (Wildman–Crippen LogP) is 1.66. The number of nitrogens with one attached hydrogen (secondary N) is 1. The van der Waals surface area contributed by atoms with Crippen molar-refractivity contribution in [3.05, 3.63) is 40.7 Å². The van der Waals surface area contributed by atoms with Crippen LogP contribution in [0, 0.1) is 5.82 Å². The lowest BCUT2D eigenvalue weighted by Gasteiger charge is -2.26. The van der Waals surface area contributed by atoms with Crippen LogP contribution in [-0.4, -0.2) is 55.1 Å². The molecule has 6 nitrogen and oxygen atoms in total. The highest BCUT2D eigenvalue weighted by Gasteiger charge is 2.26. The average molecular weight is 376 g/mol. The maximum atomic E-state index is 12.9. The number of benzene rings is 1. The molecule has 2 aromatic rings. The van der Waals surface area contributed by atoms with Crippen molar-refractivity contribution in [2.24, 2.45) is 0 Å². The molecule has 1 fully saturated rings. The van der Waals surface area contributed by atoms with E-state index in [1.165, 1.54) is 29.1 Å². The average Bonchev–Trinajstić information content (AvgIpc) is 3.11. The van der Waals surface area contributed by atoms with Gasteiger partial charge < -0.3 is 19.9 Å². The van der Waals surface area contributed by atoms with E-state index >= 15 is 0 Å². The van der Waals surface area contributed by atoms with Crippen molar-refractivity contribution in [2.75, 3.05) is 44.2 Å². The summed E-state index contributed by atoms with van der Waals surface area (Å²) in [4.78, 5) is 22.5. The molecule has 0 bridgehead atoms. The Balaban J connectivity index is 1.35. The van der Waals surface area contributed by atoms with Crippen molar-refractivity contribution in [1.29, 1.82) is 0 Å². The second-order valence-electron chi connectivity index (χ2n) is 6.41. The molecule has 26 heavy (non-hydrogen) atoms. The topological polar surface area (TPSA) is 57.7 Å². The monoisotopic (exact) mass is 376 g/mol. The summed E-state index contributed by atoms with van der Waals surface area (Å²) in [7, 11) is 0. The molecular formula is C18H21FN4O2S. The lowest BCUT2D eigenvalue weighted by Crippen LogP contribution is -2.43. The number of anilines is 1. The van der Waals surface area contributed by atoms with E-state index in [0.29, 0.717) is 18.8 Å². The van der Waals surface area contributed by atoms with Gasteiger partial charge in [-0.2, -0.15) is 0 Å². The highest BCUT2D eigenvalue weighted by Crippen LogP contribution is 2.31. The van der Waals surface area contributed by atoms with E-state index in [-0.39, 0.29) is 18.3 Å². The number of hydrogen-bond acceptors (Lipinski definition) is 6. The molecule has 1 N–H and O–H groups in total. The summed E-state index contributed by atoms with van der Waals surface area (Å²) in [6.07, 6.45) is 0.778. The van der Waals surface area contributed by atoms with Gasteiger partial charge in [-0.05, 0) is 24.3 Å². The number of halogens is 1. The van der Waals surface area contributed by atoms with Crippen molar-refractivity contribution >= 4 is 22.4 Å². The van der Waals surface area contributed by atoms with Gasteiger partial charge in [0.05, 0.1) is 12.2 Å². The number of fused-ring (bicyclic) bond motifs is 1. The fraction of sp³-hybridized carbons (Fsp3) is 0.444. The zero-order valence-corrected chi connectivity index (χ0v) is 15.2. The van der Waals surface area contributed by atoms with Gasteiger partial charge in [0, 0.05) is 44.0 Å². The largest absolute Gasteiger partial charge is 0.484 e. The van der Waals surface area contributed by atoms with Crippen LogP contribution in [0.2, 0.25) is 0 Å². The summed E-state index contributed by atoms with van der Waals surface area (Å²) in [5.74, 6) is 0.117. The molecule has 138 valence electrons. The minimum absolute atomic E-state index is 0.0373. The summed E-state index contributed by atoms with van der Waals surface area (Å²) in [6, 6.07) is 5.70. The Morgan fingerprint density at radius 3 is 2.77 bits per heavy atom. The number of carbonyl (C=O) groups excluding carboxylic acids is 1. The van der Waals surface area contributed by atoms with Crippen molar-refractivity contribution in [3.8, 4) is 5.75 Å². The van der Waals surface area contributed by atoms with E-state index in [9.17, 15) is 9.18 Å². The number of aromatic nitrogens is 1. The molecule has 0 unspecified atom stereocenters. The number of thiazole rings is 1. The molecular weight excluding hydrogens is 355 g/mol. The van der Waals surface area contributed by atoms with Gasteiger partial charge in [0.1, 0.15) is 11.6 Å². The number of hydrogen-bond donors (Lipinski definition) is 1. The van der Waals surface area contributed by atoms with Crippen LogP contribution in [0.5, 0.6) is 5.75 Å². The molecule has 0 spiro atoms. The van der Waals surface area contributed by atoms with Gasteiger partial charge >= 0.3 is 0 Å². The van der Waals surface area contributed by atoms with Gasteiger partial charge in [-0.25, -0.2) is 9.37 Å². The number of rotatable bonds is 4. The Labute approximate surface area is 155 Å². The maximum Gasteiger partial charge on any atom is 0.260 e. The standard InChI is InChI=1S/C18H21FN4O2S/c19-13-1-3-14(4-2-13)25-12-17(24)23-8-5-15-16(11-23)26-18(21-15)22-9-6-20-7-10-22/h1-4,20H,5-12H2. The molecule has 1 aromatic heterocycles. The molecule has 1 aromatic carbocycles. The van der Waals surface area contributed by atoms with Gasteiger partial charge in [-0.1, -0.05) is 11.3 Å². The van der Waals surface area contributed by atoms with Gasteiger partial charge in [-0.3, -0.25) is 4.79 Å². The third-order valence-electron chi connectivity index (χ3n) is 4.64. The van der Waals surface area contributed by atoms with Crippen LogP contribution in [0.15, 0.2) is 24.3 Å². The zero-order chi connectivity index (χ0) is 17.9. The third kappa shape index (κ3) is 3.81. The van der Waals surface area contributed by atoms with Crippen molar-refractivity contribution < 1.29 is 13.9 Å². The first-order valence-electron chi connectivity index (χ1n) is 8.79. The van der Waals surface area contributed by atoms with Crippen LogP contribution in [0.25, 0.3) is 0 Å². The van der Waals surface area contributed by atoms with Crippen molar-refractivity contribution in [3.63, 3.8) is 0 Å². The number of carbonyl (C=O) groups is 1.